The minimum absolute atomic E-state index is 0.0234. The summed E-state index contributed by atoms with van der Waals surface area (Å²) in [5.41, 5.74) is 0.392. The molecule has 1 aliphatic heterocycles. The molecule has 4 atom stereocenters. The van der Waals surface area contributed by atoms with Gasteiger partial charge in [0, 0.05) is 19.4 Å². The van der Waals surface area contributed by atoms with Gasteiger partial charge < -0.3 is 33.7 Å². The zero-order valence-electron chi connectivity index (χ0n) is 24.0. The van der Waals surface area contributed by atoms with E-state index >= 15 is 0 Å². The summed E-state index contributed by atoms with van der Waals surface area (Å²) < 4.78 is 31.9. The molecule has 1 aliphatic rings. The van der Waals surface area contributed by atoms with Crippen molar-refractivity contribution in [3.8, 4) is 11.5 Å². The Balaban J connectivity index is 1.89. The van der Waals surface area contributed by atoms with E-state index in [1.807, 2.05) is 6.07 Å². The number of nitrogens with one attached hydrogen (secondary N) is 1. The monoisotopic (exact) mass is 586 g/mol. The maximum atomic E-state index is 13.4. The van der Waals surface area contributed by atoms with Gasteiger partial charge in [0.05, 0.1) is 13.0 Å². The molecule has 0 aliphatic carbocycles. The van der Waals surface area contributed by atoms with Crippen molar-refractivity contribution in [1.29, 1.82) is 0 Å². The summed E-state index contributed by atoms with van der Waals surface area (Å²) >= 11 is 0. The zero-order chi connectivity index (χ0) is 30.8. The summed E-state index contributed by atoms with van der Waals surface area (Å²) in [5.74, 6) is -5.86. The predicted molar refractivity (Wildman–Crippen MR) is 144 cm³/mol. The molecule has 3 rings (SSSR count). The summed E-state index contributed by atoms with van der Waals surface area (Å²) in [6, 6.07) is 8.92. The SMILES string of the molecule is COCC(=O)Oc1c(OC)ccnc1C(=O)NC1COC(=O)[C@H](Cc2ccccc2)C(OC(=O)C(C)C)[C@H](C)OC1=O. The van der Waals surface area contributed by atoms with E-state index in [2.05, 4.69) is 10.3 Å². The molecular formula is C29H34N2O11. The molecule has 42 heavy (non-hydrogen) atoms. The molecule has 2 heterocycles. The minimum Gasteiger partial charge on any atom is -0.493 e. The maximum Gasteiger partial charge on any atom is 0.337 e. The molecule has 0 spiro atoms. The lowest BCUT2D eigenvalue weighted by atomic mass is 9.91. The molecule has 0 radical (unpaired) electrons. The average molecular weight is 587 g/mol. The lowest BCUT2D eigenvalue weighted by Crippen LogP contribution is -2.47. The second-order valence-corrected chi connectivity index (χ2v) is 9.75. The lowest BCUT2D eigenvalue weighted by Gasteiger charge is -2.29. The van der Waals surface area contributed by atoms with Crippen molar-refractivity contribution < 1.29 is 52.4 Å². The number of methoxy groups -OCH3 is 2. The first-order chi connectivity index (χ1) is 20.0. The van der Waals surface area contributed by atoms with Gasteiger partial charge in [0.1, 0.15) is 25.2 Å². The number of cyclic esters (lactones) is 2. The number of pyridine rings is 1. The van der Waals surface area contributed by atoms with E-state index in [9.17, 15) is 24.0 Å². The topological polar surface area (TPSA) is 166 Å². The van der Waals surface area contributed by atoms with Crippen LogP contribution in [0.3, 0.4) is 0 Å². The molecule has 1 fully saturated rings. The first-order valence-electron chi connectivity index (χ1n) is 13.2. The first-order valence-corrected chi connectivity index (χ1v) is 13.2. The molecule has 1 aromatic heterocycles. The van der Waals surface area contributed by atoms with Crippen LogP contribution in [0.1, 0.15) is 36.8 Å². The summed E-state index contributed by atoms with van der Waals surface area (Å²) in [5, 5.41) is 2.42. The largest absolute Gasteiger partial charge is 0.493 e. The van der Waals surface area contributed by atoms with Gasteiger partial charge in [-0.05, 0) is 18.9 Å². The number of aromatic nitrogens is 1. The molecule has 0 saturated carbocycles. The number of hydrogen-bond acceptors (Lipinski definition) is 12. The second kappa shape index (κ2) is 14.9. The summed E-state index contributed by atoms with van der Waals surface area (Å²) in [7, 11) is 2.59. The average Bonchev–Trinajstić information content (AvgIpc) is 2.99. The second-order valence-electron chi connectivity index (χ2n) is 9.75. The minimum atomic E-state index is -1.48. The van der Waals surface area contributed by atoms with Gasteiger partial charge in [0.15, 0.2) is 23.6 Å². The lowest BCUT2D eigenvalue weighted by molar-refractivity contribution is -0.176. The Bertz CT molecular complexity index is 1280. The van der Waals surface area contributed by atoms with Gasteiger partial charge in [-0.15, -0.1) is 0 Å². The quantitative estimate of drug-likeness (QED) is 0.317. The standard InChI is InChI=1S/C29H34N2O11/c1-16(2)27(34)42-24-17(3)40-29(36)20(14-39-28(35)19(24)13-18-9-7-6-8-10-18)31-26(33)23-25(41-22(32)15-37-4)21(38-5)11-12-30-23/h6-12,16-17,19-20,24H,13-15H2,1-5H3,(H,31,33)/t17-,19+,20?,24?/m0/s1. The molecule has 2 aromatic rings. The number of rotatable bonds is 10. The van der Waals surface area contributed by atoms with Gasteiger partial charge in [-0.2, -0.15) is 0 Å². The Morgan fingerprint density at radius 1 is 1.07 bits per heavy atom. The van der Waals surface area contributed by atoms with Crippen LogP contribution < -0.4 is 14.8 Å². The van der Waals surface area contributed by atoms with E-state index < -0.39 is 73.1 Å². The highest BCUT2D eigenvalue weighted by Crippen LogP contribution is 2.30. The van der Waals surface area contributed by atoms with Crippen LogP contribution in [-0.2, 0) is 44.5 Å². The van der Waals surface area contributed by atoms with Crippen LogP contribution in [0.5, 0.6) is 11.5 Å². The van der Waals surface area contributed by atoms with Crippen molar-refractivity contribution in [3.05, 3.63) is 53.9 Å². The molecule has 1 N–H and O–H groups in total. The van der Waals surface area contributed by atoms with Gasteiger partial charge in [-0.3, -0.25) is 14.4 Å². The third kappa shape index (κ3) is 8.26. The van der Waals surface area contributed by atoms with E-state index in [0.717, 1.165) is 5.56 Å². The van der Waals surface area contributed by atoms with E-state index in [-0.39, 0.29) is 23.6 Å². The maximum absolute atomic E-state index is 13.4. The van der Waals surface area contributed by atoms with E-state index in [0.29, 0.717) is 0 Å². The Labute approximate surface area is 242 Å². The summed E-state index contributed by atoms with van der Waals surface area (Å²) in [4.78, 5) is 68.4. The van der Waals surface area contributed by atoms with Gasteiger partial charge in [-0.1, -0.05) is 44.2 Å². The molecule has 226 valence electrons. The molecule has 1 amide bonds. The fourth-order valence-corrected chi connectivity index (χ4v) is 4.09. The number of carbonyl (C=O) groups is 5. The van der Waals surface area contributed by atoms with Crippen molar-refractivity contribution in [1.82, 2.24) is 10.3 Å². The van der Waals surface area contributed by atoms with Gasteiger partial charge in [-0.25, -0.2) is 14.6 Å². The molecule has 2 unspecified atom stereocenters. The number of nitrogens with zero attached hydrogens (tertiary/aromatic N) is 1. The van der Waals surface area contributed by atoms with E-state index in [1.54, 1.807) is 38.1 Å². The van der Waals surface area contributed by atoms with Crippen LogP contribution in [-0.4, -0.2) is 80.5 Å². The molecule has 13 heteroatoms. The highest BCUT2D eigenvalue weighted by atomic mass is 16.6. The van der Waals surface area contributed by atoms with Crippen molar-refractivity contribution in [3.63, 3.8) is 0 Å². The van der Waals surface area contributed by atoms with Crippen LogP contribution >= 0.6 is 0 Å². The third-order valence-electron chi connectivity index (χ3n) is 6.25. The predicted octanol–water partition coefficient (Wildman–Crippen LogP) is 1.66. The van der Waals surface area contributed by atoms with Crippen LogP contribution in [0.4, 0.5) is 0 Å². The zero-order valence-corrected chi connectivity index (χ0v) is 24.0. The molecular weight excluding hydrogens is 552 g/mol. The Morgan fingerprint density at radius 2 is 1.79 bits per heavy atom. The van der Waals surface area contributed by atoms with E-state index in [1.165, 1.54) is 33.4 Å². The van der Waals surface area contributed by atoms with Gasteiger partial charge in [0.2, 0.25) is 5.75 Å². The highest BCUT2D eigenvalue weighted by molar-refractivity contribution is 5.99. The van der Waals surface area contributed by atoms with Crippen LogP contribution in [0.25, 0.3) is 0 Å². The number of amides is 1. The van der Waals surface area contributed by atoms with Crippen LogP contribution in [0.15, 0.2) is 42.6 Å². The molecule has 1 saturated heterocycles. The fourth-order valence-electron chi connectivity index (χ4n) is 4.09. The summed E-state index contributed by atoms with van der Waals surface area (Å²) in [6.45, 7) is 3.77. The molecule has 0 bridgehead atoms. The number of esters is 4. The molecule has 1 aromatic carbocycles. The third-order valence-corrected chi connectivity index (χ3v) is 6.25. The summed E-state index contributed by atoms with van der Waals surface area (Å²) in [6.07, 6.45) is -0.872. The molecule has 13 nitrogen and oxygen atoms in total. The highest BCUT2D eigenvalue weighted by Gasteiger charge is 2.42. The van der Waals surface area contributed by atoms with Crippen LogP contribution in [0.2, 0.25) is 0 Å². The van der Waals surface area contributed by atoms with Crippen molar-refractivity contribution in [2.45, 2.75) is 45.4 Å². The van der Waals surface area contributed by atoms with E-state index in [4.69, 9.17) is 28.4 Å². The van der Waals surface area contributed by atoms with Gasteiger partial charge >= 0.3 is 23.9 Å². The number of hydrogen-bond donors (Lipinski definition) is 1. The van der Waals surface area contributed by atoms with Crippen molar-refractivity contribution in [2.24, 2.45) is 11.8 Å². The Morgan fingerprint density at radius 3 is 2.43 bits per heavy atom. The van der Waals surface area contributed by atoms with Crippen molar-refractivity contribution in [2.75, 3.05) is 27.4 Å². The number of benzene rings is 1. The fraction of sp³-hybridized carbons (Fsp3) is 0.448. The Kier molecular flexibility index (Phi) is 11.4. The van der Waals surface area contributed by atoms with Crippen molar-refractivity contribution >= 4 is 29.8 Å². The normalized spacial score (nSPS) is 20.7. The number of carbonyl (C=O) groups excluding carboxylic acids is 5. The Hall–Kier alpha value is -4.52. The smallest absolute Gasteiger partial charge is 0.337 e. The number of ether oxygens (including phenoxy) is 6. The van der Waals surface area contributed by atoms with Gasteiger partial charge in [0.25, 0.3) is 5.91 Å². The first kappa shape index (κ1) is 32.0. The van der Waals surface area contributed by atoms with Crippen LogP contribution in [0, 0.1) is 11.8 Å².